The highest BCUT2D eigenvalue weighted by Crippen LogP contribution is 2.50. The van der Waals surface area contributed by atoms with Crippen LogP contribution >= 0.6 is 6.64 Å². The van der Waals surface area contributed by atoms with Gasteiger partial charge in [-0.3, -0.25) is 13.9 Å². The van der Waals surface area contributed by atoms with E-state index in [2.05, 4.69) is 40.3 Å². The van der Waals surface area contributed by atoms with Gasteiger partial charge in [-0.05, 0) is 30.4 Å². The van der Waals surface area contributed by atoms with Crippen molar-refractivity contribution in [2.45, 2.75) is 75.4 Å². The average Bonchev–Trinajstić information content (AvgIpc) is 3.98. The molecule has 22 heteroatoms. The van der Waals surface area contributed by atoms with Crippen LogP contribution in [0.5, 0.6) is 0 Å². The van der Waals surface area contributed by atoms with Gasteiger partial charge < -0.3 is 34.3 Å². The van der Waals surface area contributed by atoms with E-state index >= 15 is 8.78 Å². The van der Waals surface area contributed by atoms with Crippen molar-refractivity contribution >= 4 is 52.5 Å². The summed E-state index contributed by atoms with van der Waals surface area (Å²) in [6, 6.07) is 10.5. The third-order valence-corrected chi connectivity index (χ3v) is 11.9. The molecule has 4 aromatic heterocycles. The van der Waals surface area contributed by atoms with Crippen molar-refractivity contribution in [3.63, 3.8) is 0 Å². The predicted molar refractivity (Wildman–Crippen MR) is 200 cm³/mol. The third-order valence-electron chi connectivity index (χ3n) is 9.36. The lowest BCUT2D eigenvalue weighted by molar-refractivity contribution is -0.0255. The van der Waals surface area contributed by atoms with Crippen LogP contribution in [0.15, 0.2) is 55.6 Å². The molecule has 2 aliphatic heterocycles. The zero-order valence-corrected chi connectivity index (χ0v) is 31.9. The Balaban J connectivity index is 1.08. The molecule has 1 amide bonds. The molecule has 0 bridgehead atoms. The number of ether oxygens (including phenoxy) is 3. The molecular formula is C34H39F2N12O6PS. The fourth-order valence-electron chi connectivity index (χ4n) is 6.69. The number of aryl methyl sites for hydroxylation is 1. The number of hydrogen-bond acceptors (Lipinski definition) is 15. The van der Waals surface area contributed by atoms with Gasteiger partial charge in [-0.15, -0.1) is 0 Å². The fourth-order valence-corrected chi connectivity index (χ4v) is 8.97. The number of benzene rings is 1. The summed E-state index contributed by atoms with van der Waals surface area (Å²) < 4.78 is 65.4. The Morgan fingerprint density at radius 2 is 1.64 bits per heavy atom. The molecule has 0 radical (unpaired) electrons. The molecule has 56 heavy (non-hydrogen) atoms. The Morgan fingerprint density at radius 3 is 2.32 bits per heavy atom. The van der Waals surface area contributed by atoms with E-state index < -0.39 is 61.8 Å². The zero-order valence-electron chi connectivity index (χ0n) is 30.2. The summed E-state index contributed by atoms with van der Waals surface area (Å²) in [4.78, 5) is 38.7. The minimum atomic E-state index is -3.66. The van der Waals surface area contributed by atoms with Gasteiger partial charge in [-0.25, -0.2) is 43.8 Å². The molecule has 9 atom stereocenters. The minimum absolute atomic E-state index is 0.0357. The molecule has 7 rings (SSSR count). The van der Waals surface area contributed by atoms with Crippen molar-refractivity contribution < 1.29 is 36.8 Å². The maximum atomic E-state index is 16.5. The van der Waals surface area contributed by atoms with E-state index in [1.54, 1.807) is 30.3 Å². The summed E-state index contributed by atoms with van der Waals surface area (Å²) in [7, 11) is 1.34. The van der Waals surface area contributed by atoms with E-state index in [1.807, 2.05) is 13.0 Å². The Labute approximate surface area is 324 Å². The Morgan fingerprint density at radius 1 is 0.982 bits per heavy atom. The van der Waals surface area contributed by atoms with E-state index in [1.165, 1.54) is 41.6 Å². The number of halogens is 2. The highest BCUT2D eigenvalue weighted by molar-refractivity contribution is 8.09. The smallest absolute Gasteiger partial charge is 0.261 e. The SMILES string of the molecule is CCCc1ncnc2c1ncn2[C@@H]1O[C@H](CN)[C@@H](OP(=S)(NC[C@H]2O[C@@H](n3cnc4c(NC(=O)c5ccccc5)ncnc43)[C@H](F)[C@@H]2OC)OCCC#N)[C@H]1F. The summed E-state index contributed by atoms with van der Waals surface area (Å²) in [5.74, 6) is -0.288. The molecule has 1 aromatic carbocycles. The second kappa shape index (κ2) is 17.3. The summed E-state index contributed by atoms with van der Waals surface area (Å²) in [6.07, 6.45) is -3.53. The van der Waals surface area contributed by atoms with Gasteiger partial charge in [0.2, 0.25) is 0 Å². The van der Waals surface area contributed by atoms with Gasteiger partial charge in [-0.2, -0.15) is 5.26 Å². The first-order valence-corrected chi connectivity index (χ1v) is 20.4. The number of aromatic nitrogens is 8. The highest BCUT2D eigenvalue weighted by Gasteiger charge is 2.51. The minimum Gasteiger partial charge on any atom is -0.375 e. The normalized spacial score (nSPS) is 26.1. The number of alkyl halides is 2. The van der Waals surface area contributed by atoms with Crippen molar-refractivity contribution in [3.05, 3.63) is 66.9 Å². The van der Waals surface area contributed by atoms with Gasteiger partial charge in [0, 0.05) is 25.8 Å². The number of fused-ring (bicyclic) bond motifs is 2. The maximum absolute atomic E-state index is 16.5. The largest absolute Gasteiger partial charge is 0.375 e. The van der Waals surface area contributed by atoms with Gasteiger partial charge in [0.05, 0.1) is 37.4 Å². The van der Waals surface area contributed by atoms with Crippen LogP contribution in [0, 0.1) is 11.3 Å². The van der Waals surface area contributed by atoms with Crippen molar-refractivity contribution in [3.8, 4) is 6.07 Å². The molecule has 2 saturated heterocycles. The number of carbonyl (C=O) groups is 1. The number of nitriles is 1. The maximum Gasteiger partial charge on any atom is 0.261 e. The van der Waals surface area contributed by atoms with Crippen molar-refractivity contribution in [2.75, 3.05) is 32.1 Å². The molecule has 2 aliphatic rings. The number of hydrogen-bond donors (Lipinski definition) is 3. The number of imidazole rings is 2. The molecule has 18 nitrogen and oxygen atoms in total. The number of carbonyl (C=O) groups excluding carboxylic acids is 1. The van der Waals surface area contributed by atoms with E-state index in [-0.39, 0.29) is 43.1 Å². The van der Waals surface area contributed by atoms with E-state index in [9.17, 15) is 10.1 Å². The van der Waals surface area contributed by atoms with E-state index in [0.717, 1.165) is 12.1 Å². The quantitative estimate of drug-likeness (QED) is 0.0959. The van der Waals surface area contributed by atoms with Gasteiger partial charge in [0.15, 0.2) is 47.4 Å². The topological polar surface area (TPSA) is 224 Å². The van der Waals surface area contributed by atoms with Crippen LogP contribution in [-0.4, -0.2) is 109 Å². The third kappa shape index (κ3) is 7.89. The molecule has 1 unspecified atom stereocenters. The average molecular weight is 813 g/mol. The Hall–Kier alpha value is -4.49. The first kappa shape index (κ1) is 39.7. The van der Waals surface area contributed by atoms with Crippen LogP contribution in [0.2, 0.25) is 0 Å². The Kier molecular flexibility index (Phi) is 12.3. The molecule has 0 saturated carbocycles. The molecule has 0 aliphatic carbocycles. The van der Waals surface area contributed by atoms with Crippen molar-refractivity contribution in [1.82, 2.24) is 44.1 Å². The molecule has 5 aromatic rings. The second-order valence-electron chi connectivity index (χ2n) is 12.9. The summed E-state index contributed by atoms with van der Waals surface area (Å²) >= 11 is 5.85. The number of methoxy groups -OCH3 is 1. The lowest BCUT2D eigenvalue weighted by Gasteiger charge is -2.30. The van der Waals surface area contributed by atoms with Crippen LogP contribution in [0.25, 0.3) is 22.3 Å². The molecule has 4 N–H and O–H groups in total. The molecular weight excluding hydrogens is 773 g/mol. The van der Waals surface area contributed by atoms with E-state index in [0.29, 0.717) is 23.1 Å². The number of nitrogens with zero attached hydrogens (tertiary/aromatic N) is 9. The lowest BCUT2D eigenvalue weighted by Crippen LogP contribution is -2.40. The molecule has 0 spiro atoms. The van der Waals surface area contributed by atoms with Gasteiger partial charge in [-0.1, -0.05) is 31.5 Å². The highest BCUT2D eigenvalue weighted by atomic mass is 32.5. The number of nitrogens with two attached hydrogens (primary N) is 1. The number of rotatable bonds is 16. The number of nitrogens with one attached hydrogen (secondary N) is 2. The van der Waals surface area contributed by atoms with Gasteiger partial charge in [0.25, 0.3) is 12.5 Å². The standard InChI is InChI=1S/C34H39F2N12O6PS/c1-3-8-20-25-30(41-15-39-20)47(17-43-25)34-24(36)28(21(13-38)52-34)54-55(56,51-12-7-11-37)45-14-22-27(50-2)23(35)33(53-22)48-18-44-26-29(40-16-42-31(26)48)46-32(49)19-9-5-4-6-10-19/h4-6,9-10,15-18,21-24,27-28,33-34H,3,7-8,12-14,38H2,1-2H3,(H,45,56)(H,40,42,46,49)/t21-,22-,23-,24-,27-,28-,33-,34-,55?/m1/s1. The monoisotopic (exact) mass is 812 g/mol. The van der Waals surface area contributed by atoms with Crippen molar-refractivity contribution in [1.29, 1.82) is 5.26 Å². The molecule has 296 valence electrons. The van der Waals surface area contributed by atoms with Crippen LogP contribution in [0.1, 0.15) is 48.3 Å². The zero-order chi connectivity index (χ0) is 39.4. The second-order valence-corrected chi connectivity index (χ2v) is 16.1. The molecule has 6 heterocycles. The Bertz CT molecular complexity index is 2250. The van der Waals surface area contributed by atoms with E-state index in [4.69, 9.17) is 40.8 Å². The summed E-state index contributed by atoms with van der Waals surface area (Å²) in [5.41, 5.74) is 8.51. The van der Waals surface area contributed by atoms with Crippen LogP contribution in [0.4, 0.5) is 14.6 Å². The fraction of sp³-hybridized carbons (Fsp3) is 0.471. The van der Waals surface area contributed by atoms with Crippen molar-refractivity contribution in [2.24, 2.45) is 5.73 Å². The number of amides is 1. The van der Waals surface area contributed by atoms with Crippen LogP contribution in [0.3, 0.4) is 0 Å². The van der Waals surface area contributed by atoms with Gasteiger partial charge >= 0.3 is 0 Å². The summed E-state index contributed by atoms with van der Waals surface area (Å²) in [6.45, 7) is -2.07. The number of anilines is 1. The molecule has 2 fully saturated rings. The first-order valence-electron chi connectivity index (χ1n) is 17.8. The van der Waals surface area contributed by atoms with Crippen LogP contribution < -0.4 is 16.1 Å². The van der Waals surface area contributed by atoms with Gasteiger partial charge in [0.1, 0.15) is 42.6 Å². The van der Waals surface area contributed by atoms with Crippen LogP contribution in [-0.2, 0) is 41.5 Å². The summed E-state index contributed by atoms with van der Waals surface area (Å²) in [5, 5.41) is 15.0. The lowest BCUT2D eigenvalue weighted by atomic mass is 10.1. The first-order chi connectivity index (χ1) is 27.2. The predicted octanol–water partition coefficient (Wildman–Crippen LogP) is 3.45.